The number of hydrogen-bond acceptors (Lipinski definition) is 3. The van der Waals surface area contributed by atoms with Crippen molar-refractivity contribution in [3.63, 3.8) is 0 Å². The van der Waals surface area contributed by atoms with Crippen molar-refractivity contribution in [3.05, 3.63) is 90.8 Å². The smallest absolute Gasteiger partial charge is 0.248 e. The number of fused-ring (bicyclic) bond motifs is 1. The number of aromatic nitrogens is 2. The summed E-state index contributed by atoms with van der Waals surface area (Å²) < 4.78 is 1.59. The first-order valence-electron chi connectivity index (χ1n) is 9.77. The first-order valence-corrected chi connectivity index (χ1v) is 9.77. The Morgan fingerprint density at radius 3 is 2.47 bits per heavy atom. The van der Waals surface area contributed by atoms with E-state index in [-0.39, 0.29) is 18.2 Å². The molecule has 0 radical (unpaired) electrons. The number of nitrogens with zero attached hydrogens (tertiary/aromatic N) is 2. The molecule has 0 spiro atoms. The van der Waals surface area contributed by atoms with Gasteiger partial charge in [-0.05, 0) is 47.5 Å². The van der Waals surface area contributed by atoms with Crippen molar-refractivity contribution >= 4 is 34.0 Å². The normalized spacial score (nSPS) is 11.8. The van der Waals surface area contributed by atoms with E-state index in [4.69, 9.17) is 0 Å². The molecule has 2 amide bonds. The lowest BCUT2D eigenvalue weighted by atomic mass is 10.0. The second-order valence-electron chi connectivity index (χ2n) is 7.10. The maximum Gasteiger partial charge on any atom is 0.248 e. The van der Waals surface area contributed by atoms with Gasteiger partial charge < -0.3 is 10.6 Å². The molecular formula is C24H22N4O2. The topological polar surface area (TPSA) is 76.0 Å². The van der Waals surface area contributed by atoms with Crippen molar-refractivity contribution in [3.8, 4) is 0 Å². The maximum absolute atomic E-state index is 12.6. The van der Waals surface area contributed by atoms with Gasteiger partial charge in [0.2, 0.25) is 11.8 Å². The number of rotatable bonds is 6. The Bertz CT molecular complexity index is 1180. The summed E-state index contributed by atoms with van der Waals surface area (Å²) in [6.45, 7) is 1.78. The van der Waals surface area contributed by atoms with E-state index in [1.165, 1.54) is 0 Å². The highest BCUT2D eigenvalue weighted by Crippen LogP contribution is 2.21. The lowest BCUT2D eigenvalue weighted by Crippen LogP contribution is -2.24. The van der Waals surface area contributed by atoms with Gasteiger partial charge in [-0.3, -0.25) is 14.3 Å². The molecule has 6 nitrogen and oxygen atoms in total. The minimum Gasteiger partial charge on any atom is -0.326 e. The van der Waals surface area contributed by atoms with Crippen LogP contribution >= 0.6 is 0 Å². The second-order valence-corrected chi connectivity index (χ2v) is 7.10. The van der Waals surface area contributed by atoms with E-state index in [1.54, 1.807) is 54.3 Å². The highest BCUT2D eigenvalue weighted by Gasteiger charge is 2.15. The third kappa shape index (κ3) is 4.38. The largest absolute Gasteiger partial charge is 0.326 e. The van der Waals surface area contributed by atoms with Crippen molar-refractivity contribution in [2.24, 2.45) is 0 Å². The van der Waals surface area contributed by atoms with Gasteiger partial charge >= 0.3 is 0 Å². The van der Waals surface area contributed by atoms with Gasteiger partial charge in [0, 0.05) is 23.8 Å². The molecule has 0 fully saturated rings. The number of carbonyl (C=O) groups excluding carboxylic acids is 2. The van der Waals surface area contributed by atoms with E-state index < -0.39 is 6.04 Å². The molecule has 1 aromatic heterocycles. The Hall–Kier alpha value is -3.93. The van der Waals surface area contributed by atoms with Crippen LogP contribution in [0.2, 0.25) is 0 Å². The van der Waals surface area contributed by atoms with Gasteiger partial charge in [-0.15, -0.1) is 0 Å². The fourth-order valence-corrected chi connectivity index (χ4v) is 3.38. The van der Waals surface area contributed by atoms with Crippen LogP contribution in [0.4, 0.5) is 11.4 Å². The predicted molar refractivity (Wildman–Crippen MR) is 118 cm³/mol. The second kappa shape index (κ2) is 8.61. The van der Waals surface area contributed by atoms with E-state index in [0.717, 1.165) is 16.3 Å². The van der Waals surface area contributed by atoms with Crippen molar-refractivity contribution < 1.29 is 9.59 Å². The fourth-order valence-electron chi connectivity index (χ4n) is 3.38. The summed E-state index contributed by atoms with van der Waals surface area (Å²) >= 11 is 0. The molecule has 150 valence electrons. The zero-order valence-corrected chi connectivity index (χ0v) is 16.6. The zero-order valence-electron chi connectivity index (χ0n) is 16.6. The SMILES string of the molecule is CC(C(=O)Nc1cccc(NC(=O)Cc2cccc3ccccc23)c1)n1cccn1. The minimum absolute atomic E-state index is 0.111. The highest BCUT2D eigenvalue weighted by atomic mass is 16.2. The van der Waals surface area contributed by atoms with Crippen molar-refractivity contribution in [2.75, 3.05) is 10.6 Å². The molecule has 1 heterocycles. The quantitative estimate of drug-likeness (QED) is 0.505. The molecule has 4 rings (SSSR count). The van der Waals surface area contributed by atoms with Gasteiger partial charge in [-0.1, -0.05) is 48.5 Å². The Morgan fingerprint density at radius 2 is 1.67 bits per heavy atom. The number of carbonyl (C=O) groups is 2. The molecule has 0 aliphatic carbocycles. The monoisotopic (exact) mass is 398 g/mol. The summed E-state index contributed by atoms with van der Waals surface area (Å²) in [5, 5.41) is 12.1. The average Bonchev–Trinajstić information content (AvgIpc) is 3.28. The van der Waals surface area contributed by atoms with Gasteiger partial charge in [0.25, 0.3) is 0 Å². The zero-order chi connectivity index (χ0) is 20.9. The van der Waals surface area contributed by atoms with Crippen molar-refractivity contribution in [1.82, 2.24) is 9.78 Å². The molecule has 3 aromatic carbocycles. The number of nitrogens with one attached hydrogen (secondary N) is 2. The van der Waals surface area contributed by atoms with Gasteiger partial charge in [0.15, 0.2) is 0 Å². The van der Waals surface area contributed by atoms with Gasteiger partial charge in [-0.25, -0.2) is 0 Å². The number of hydrogen-bond donors (Lipinski definition) is 2. The lowest BCUT2D eigenvalue weighted by molar-refractivity contribution is -0.119. The molecule has 4 aromatic rings. The predicted octanol–water partition coefficient (Wildman–Crippen LogP) is 4.42. The fraction of sp³-hybridized carbons (Fsp3) is 0.125. The van der Waals surface area contributed by atoms with Gasteiger partial charge in [0.05, 0.1) is 6.42 Å². The van der Waals surface area contributed by atoms with Crippen LogP contribution in [0.25, 0.3) is 10.8 Å². The summed E-state index contributed by atoms with van der Waals surface area (Å²) in [5.74, 6) is -0.294. The third-order valence-corrected chi connectivity index (χ3v) is 4.95. The third-order valence-electron chi connectivity index (χ3n) is 4.95. The standard InChI is InChI=1S/C24H22N4O2/c1-17(28-14-6-13-25-28)24(30)27-21-11-5-10-20(16-21)26-23(29)15-19-9-4-8-18-7-2-3-12-22(18)19/h2-14,16-17H,15H2,1H3,(H,26,29)(H,27,30). The molecule has 1 atom stereocenters. The molecule has 1 unspecified atom stereocenters. The lowest BCUT2D eigenvalue weighted by Gasteiger charge is -2.14. The molecular weight excluding hydrogens is 376 g/mol. The average molecular weight is 398 g/mol. The van der Waals surface area contributed by atoms with Crippen LogP contribution in [0.3, 0.4) is 0 Å². The Morgan fingerprint density at radius 1 is 0.933 bits per heavy atom. The Labute approximate surface area is 174 Å². The molecule has 6 heteroatoms. The van der Waals surface area contributed by atoms with Gasteiger partial charge in [-0.2, -0.15) is 5.10 Å². The molecule has 0 bridgehead atoms. The molecule has 2 N–H and O–H groups in total. The number of anilines is 2. The first-order chi connectivity index (χ1) is 14.6. The maximum atomic E-state index is 12.6. The first kappa shape index (κ1) is 19.4. The van der Waals surface area contributed by atoms with Crippen LogP contribution in [-0.4, -0.2) is 21.6 Å². The molecule has 0 saturated heterocycles. The Balaban J connectivity index is 1.42. The van der Waals surface area contributed by atoms with Gasteiger partial charge in [0.1, 0.15) is 6.04 Å². The van der Waals surface area contributed by atoms with Crippen LogP contribution in [-0.2, 0) is 16.0 Å². The minimum atomic E-state index is -0.440. The van der Waals surface area contributed by atoms with Crippen LogP contribution in [0.15, 0.2) is 85.2 Å². The molecule has 0 aliphatic heterocycles. The molecule has 0 aliphatic rings. The summed E-state index contributed by atoms with van der Waals surface area (Å²) in [6.07, 6.45) is 3.65. The van der Waals surface area contributed by atoms with E-state index in [1.807, 2.05) is 42.5 Å². The van der Waals surface area contributed by atoms with Crippen molar-refractivity contribution in [1.29, 1.82) is 0 Å². The van der Waals surface area contributed by atoms with E-state index in [2.05, 4.69) is 15.7 Å². The summed E-state index contributed by atoms with van der Waals surface area (Å²) in [6, 6.07) is 22.4. The van der Waals surface area contributed by atoms with Crippen LogP contribution < -0.4 is 10.6 Å². The number of amides is 2. The van der Waals surface area contributed by atoms with Crippen LogP contribution in [0.1, 0.15) is 18.5 Å². The summed E-state index contributed by atoms with van der Waals surface area (Å²) in [5.41, 5.74) is 2.22. The highest BCUT2D eigenvalue weighted by molar-refractivity contribution is 5.97. The van der Waals surface area contributed by atoms with Crippen molar-refractivity contribution in [2.45, 2.75) is 19.4 Å². The van der Waals surface area contributed by atoms with Crippen LogP contribution in [0.5, 0.6) is 0 Å². The number of benzene rings is 3. The van der Waals surface area contributed by atoms with E-state index in [9.17, 15) is 9.59 Å². The van der Waals surface area contributed by atoms with E-state index >= 15 is 0 Å². The molecule has 30 heavy (non-hydrogen) atoms. The van der Waals surface area contributed by atoms with E-state index in [0.29, 0.717) is 11.4 Å². The van der Waals surface area contributed by atoms with Crippen LogP contribution in [0, 0.1) is 0 Å². The summed E-state index contributed by atoms with van der Waals surface area (Å²) in [4.78, 5) is 25.1. The molecule has 0 saturated carbocycles. The summed E-state index contributed by atoms with van der Waals surface area (Å²) in [7, 11) is 0. The Kier molecular flexibility index (Phi) is 5.57.